The van der Waals surface area contributed by atoms with E-state index in [-0.39, 0.29) is 24.8 Å². The molecule has 2 aromatic rings. The fourth-order valence-corrected chi connectivity index (χ4v) is 3.33. The summed E-state index contributed by atoms with van der Waals surface area (Å²) in [6, 6.07) is 16.9. The Labute approximate surface area is 146 Å². The van der Waals surface area contributed by atoms with Gasteiger partial charge in [0, 0.05) is 25.4 Å². The molecule has 1 amide bonds. The molecule has 1 fully saturated rings. The van der Waals surface area contributed by atoms with Crippen molar-refractivity contribution in [1.29, 1.82) is 0 Å². The number of carboxylic acids is 1. The van der Waals surface area contributed by atoms with Gasteiger partial charge in [-0.25, -0.2) is 0 Å². The van der Waals surface area contributed by atoms with E-state index in [1.54, 1.807) is 24.1 Å². The first-order valence-corrected chi connectivity index (χ1v) is 8.27. The lowest BCUT2D eigenvalue weighted by Gasteiger charge is -2.36. The molecule has 1 N–H and O–H groups in total. The van der Waals surface area contributed by atoms with Gasteiger partial charge in [-0.1, -0.05) is 42.5 Å². The largest absolute Gasteiger partial charge is 0.497 e. The van der Waals surface area contributed by atoms with Crippen LogP contribution in [0.25, 0.3) is 0 Å². The number of benzene rings is 2. The van der Waals surface area contributed by atoms with Gasteiger partial charge in [0.05, 0.1) is 13.0 Å². The smallest absolute Gasteiger partial charge is 0.308 e. The van der Waals surface area contributed by atoms with Crippen LogP contribution >= 0.6 is 0 Å². The van der Waals surface area contributed by atoms with Crippen LogP contribution in [0.2, 0.25) is 0 Å². The molecule has 1 saturated heterocycles. The second kappa shape index (κ2) is 7.38. The number of likely N-dealkylation sites (tertiary alicyclic amines) is 1. The minimum atomic E-state index is -0.869. The standard InChI is InChI=1S/C20H21NO4/c1-25-16-9-7-15(8-10-16)17-11-19(22)21(13-18(17)20(23)24)12-14-5-3-2-4-6-14/h2-10,17-18H,11-13H2,1H3,(H,23,24)/t17-,18+/m0/s1. The molecule has 0 unspecified atom stereocenters. The lowest BCUT2D eigenvalue weighted by atomic mass is 9.80. The third kappa shape index (κ3) is 3.82. The molecule has 1 aliphatic heterocycles. The van der Waals surface area contributed by atoms with E-state index >= 15 is 0 Å². The summed E-state index contributed by atoms with van der Waals surface area (Å²) in [4.78, 5) is 26.0. The average molecular weight is 339 g/mol. The summed E-state index contributed by atoms with van der Waals surface area (Å²) in [6.45, 7) is 0.665. The highest BCUT2D eigenvalue weighted by molar-refractivity contribution is 5.82. The lowest BCUT2D eigenvalue weighted by molar-refractivity contribution is -0.149. The average Bonchev–Trinajstić information content (AvgIpc) is 2.64. The number of carbonyl (C=O) groups excluding carboxylic acids is 1. The fraction of sp³-hybridized carbons (Fsp3) is 0.300. The number of carbonyl (C=O) groups is 2. The summed E-state index contributed by atoms with van der Waals surface area (Å²) in [6.07, 6.45) is 0.204. The van der Waals surface area contributed by atoms with Crippen molar-refractivity contribution in [3.8, 4) is 5.75 Å². The summed E-state index contributed by atoms with van der Waals surface area (Å²) < 4.78 is 5.14. The predicted octanol–water partition coefficient (Wildman–Crippen LogP) is 2.91. The molecule has 25 heavy (non-hydrogen) atoms. The summed E-state index contributed by atoms with van der Waals surface area (Å²) in [5.74, 6) is -1.10. The van der Waals surface area contributed by atoms with Crippen molar-refractivity contribution in [3.63, 3.8) is 0 Å². The highest BCUT2D eigenvalue weighted by Gasteiger charge is 2.39. The molecule has 0 radical (unpaired) electrons. The van der Waals surface area contributed by atoms with Crippen LogP contribution in [0.5, 0.6) is 5.75 Å². The van der Waals surface area contributed by atoms with Crippen molar-refractivity contribution in [3.05, 3.63) is 65.7 Å². The molecule has 0 aromatic heterocycles. The van der Waals surface area contributed by atoms with Gasteiger partial charge in [-0.2, -0.15) is 0 Å². The van der Waals surface area contributed by atoms with Crippen molar-refractivity contribution in [2.45, 2.75) is 18.9 Å². The molecule has 130 valence electrons. The number of hydrogen-bond donors (Lipinski definition) is 1. The molecule has 5 nitrogen and oxygen atoms in total. The molecule has 1 aliphatic rings. The Balaban J connectivity index is 1.80. The second-order valence-electron chi connectivity index (χ2n) is 6.29. The maximum atomic E-state index is 12.6. The van der Waals surface area contributed by atoms with E-state index in [4.69, 9.17) is 4.74 Å². The minimum absolute atomic E-state index is 0.0119. The summed E-state index contributed by atoms with van der Waals surface area (Å²) >= 11 is 0. The van der Waals surface area contributed by atoms with Gasteiger partial charge >= 0.3 is 5.97 Å². The molecule has 5 heteroatoms. The zero-order valence-corrected chi connectivity index (χ0v) is 14.1. The highest BCUT2D eigenvalue weighted by atomic mass is 16.5. The van der Waals surface area contributed by atoms with Crippen LogP contribution in [0.4, 0.5) is 0 Å². The molecular weight excluding hydrogens is 318 g/mol. The summed E-state index contributed by atoms with van der Waals surface area (Å²) in [5, 5.41) is 9.68. The third-order valence-electron chi connectivity index (χ3n) is 4.73. The van der Waals surface area contributed by atoms with E-state index in [1.807, 2.05) is 42.5 Å². The van der Waals surface area contributed by atoms with Crippen LogP contribution < -0.4 is 4.74 Å². The SMILES string of the molecule is COc1ccc([C@@H]2CC(=O)N(Cc3ccccc3)C[C@H]2C(=O)O)cc1. The maximum Gasteiger partial charge on any atom is 0.308 e. The zero-order valence-electron chi connectivity index (χ0n) is 14.1. The van der Waals surface area contributed by atoms with Gasteiger partial charge in [0.15, 0.2) is 0 Å². The van der Waals surface area contributed by atoms with E-state index in [0.717, 1.165) is 11.1 Å². The second-order valence-corrected chi connectivity index (χ2v) is 6.29. The van der Waals surface area contributed by atoms with Crippen molar-refractivity contribution in [1.82, 2.24) is 4.90 Å². The zero-order chi connectivity index (χ0) is 17.8. The van der Waals surface area contributed by atoms with Crippen molar-refractivity contribution >= 4 is 11.9 Å². The topological polar surface area (TPSA) is 66.8 Å². The first-order valence-electron chi connectivity index (χ1n) is 8.27. The Morgan fingerprint density at radius 1 is 1.16 bits per heavy atom. The number of carboxylic acid groups (broad SMARTS) is 1. The Morgan fingerprint density at radius 2 is 1.84 bits per heavy atom. The van der Waals surface area contributed by atoms with E-state index in [9.17, 15) is 14.7 Å². The molecule has 0 saturated carbocycles. The minimum Gasteiger partial charge on any atom is -0.497 e. The molecule has 0 spiro atoms. The number of rotatable bonds is 5. The molecule has 1 heterocycles. The number of ether oxygens (including phenoxy) is 1. The van der Waals surface area contributed by atoms with Crippen LogP contribution in [-0.2, 0) is 16.1 Å². The van der Waals surface area contributed by atoms with E-state index in [0.29, 0.717) is 12.3 Å². The number of aliphatic carboxylic acids is 1. The van der Waals surface area contributed by atoms with Crippen molar-refractivity contribution in [2.24, 2.45) is 5.92 Å². The summed E-state index contributed by atoms with van der Waals surface area (Å²) in [7, 11) is 1.58. The highest BCUT2D eigenvalue weighted by Crippen LogP contribution is 2.35. The van der Waals surface area contributed by atoms with Gasteiger partial charge in [0.25, 0.3) is 0 Å². The monoisotopic (exact) mass is 339 g/mol. The van der Waals surface area contributed by atoms with Crippen molar-refractivity contribution in [2.75, 3.05) is 13.7 Å². The van der Waals surface area contributed by atoms with Gasteiger partial charge in [-0.15, -0.1) is 0 Å². The van der Waals surface area contributed by atoms with Gasteiger partial charge in [-0.3, -0.25) is 9.59 Å². The van der Waals surface area contributed by atoms with Crippen LogP contribution in [-0.4, -0.2) is 35.5 Å². The number of amides is 1. The maximum absolute atomic E-state index is 12.6. The van der Waals surface area contributed by atoms with E-state index in [2.05, 4.69) is 0 Å². The fourth-order valence-electron chi connectivity index (χ4n) is 3.33. The third-order valence-corrected chi connectivity index (χ3v) is 4.73. The number of methoxy groups -OCH3 is 1. The molecule has 2 atom stereocenters. The Kier molecular flexibility index (Phi) is 5.03. The number of hydrogen-bond acceptors (Lipinski definition) is 3. The van der Waals surface area contributed by atoms with Crippen LogP contribution in [0.1, 0.15) is 23.5 Å². The lowest BCUT2D eigenvalue weighted by Crippen LogP contribution is -2.45. The quantitative estimate of drug-likeness (QED) is 0.909. The Bertz CT molecular complexity index is 742. The molecule has 0 bridgehead atoms. The van der Waals surface area contributed by atoms with E-state index < -0.39 is 11.9 Å². The number of piperidine rings is 1. The molecule has 0 aliphatic carbocycles. The van der Waals surface area contributed by atoms with Gasteiger partial charge < -0.3 is 14.7 Å². The molecular formula is C20H21NO4. The first-order chi connectivity index (χ1) is 12.1. The Morgan fingerprint density at radius 3 is 2.44 bits per heavy atom. The van der Waals surface area contributed by atoms with Crippen LogP contribution in [0, 0.1) is 5.92 Å². The van der Waals surface area contributed by atoms with Gasteiger partial charge in [-0.05, 0) is 23.3 Å². The van der Waals surface area contributed by atoms with E-state index in [1.165, 1.54) is 0 Å². The van der Waals surface area contributed by atoms with Gasteiger partial charge in [0.2, 0.25) is 5.91 Å². The van der Waals surface area contributed by atoms with Crippen LogP contribution in [0.3, 0.4) is 0 Å². The van der Waals surface area contributed by atoms with Gasteiger partial charge in [0.1, 0.15) is 5.75 Å². The summed E-state index contributed by atoms with van der Waals surface area (Å²) in [5.41, 5.74) is 1.86. The molecule has 3 rings (SSSR count). The normalized spacial score (nSPS) is 20.4. The number of nitrogens with zero attached hydrogens (tertiary/aromatic N) is 1. The molecule has 2 aromatic carbocycles. The predicted molar refractivity (Wildman–Crippen MR) is 93.3 cm³/mol. The van der Waals surface area contributed by atoms with Crippen LogP contribution in [0.15, 0.2) is 54.6 Å². The van der Waals surface area contributed by atoms with Crippen molar-refractivity contribution < 1.29 is 19.4 Å². The first kappa shape index (κ1) is 17.0. The Hall–Kier alpha value is -2.82.